The predicted molar refractivity (Wildman–Crippen MR) is 133 cm³/mol. The molecule has 3 aromatic rings. The van der Waals surface area contributed by atoms with E-state index in [1.165, 1.54) is 12.4 Å². The first-order chi connectivity index (χ1) is 16.1. The number of aromatic nitrogens is 4. The van der Waals surface area contributed by atoms with Gasteiger partial charge in [-0.1, -0.05) is 23.7 Å². The first-order valence-corrected chi connectivity index (χ1v) is 11.7. The highest BCUT2D eigenvalue weighted by Crippen LogP contribution is 2.22. The van der Waals surface area contributed by atoms with Crippen molar-refractivity contribution in [3.05, 3.63) is 53.4 Å². The van der Waals surface area contributed by atoms with Crippen molar-refractivity contribution >= 4 is 58.6 Å². The Morgan fingerprint density at radius 2 is 2.18 bits per heavy atom. The van der Waals surface area contributed by atoms with E-state index >= 15 is 0 Å². The van der Waals surface area contributed by atoms with Crippen molar-refractivity contribution in [2.24, 2.45) is 0 Å². The van der Waals surface area contributed by atoms with Gasteiger partial charge in [0.15, 0.2) is 5.82 Å². The van der Waals surface area contributed by atoms with Crippen LogP contribution in [0.4, 0.5) is 23.1 Å². The maximum absolute atomic E-state index is 12.1. The number of hydrogen-bond donors (Lipinski definition) is 5. The fourth-order valence-corrected chi connectivity index (χ4v) is 3.58. The fourth-order valence-electron chi connectivity index (χ4n) is 2.81. The lowest BCUT2D eigenvalue weighted by Crippen LogP contribution is -2.12. The lowest BCUT2D eigenvalue weighted by Gasteiger charge is -2.11. The second kappa shape index (κ2) is 12.8. The van der Waals surface area contributed by atoms with E-state index in [4.69, 9.17) is 22.1 Å². The second-order valence-corrected chi connectivity index (χ2v) is 8.42. The van der Waals surface area contributed by atoms with Crippen molar-refractivity contribution in [1.29, 1.82) is 5.41 Å². The summed E-state index contributed by atoms with van der Waals surface area (Å²) in [5.41, 5.74) is 2.35. The van der Waals surface area contributed by atoms with Crippen LogP contribution in [0.5, 0.6) is 0 Å². The zero-order valence-electron chi connectivity index (χ0n) is 17.8. The Labute approximate surface area is 200 Å². The van der Waals surface area contributed by atoms with Gasteiger partial charge in [0.1, 0.15) is 5.02 Å². The summed E-state index contributed by atoms with van der Waals surface area (Å²) in [4.78, 5) is 20.7. The van der Waals surface area contributed by atoms with Crippen LogP contribution in [0, 0.1) is 5.41 Å². The maximum atomic E-state index is 12.1. The molecule has 0 spiro atoms. The van der Waals surface area contributed by atoms with Crippen molar-refractivity contribution in [2.45, 2.75) is 19.5 Å². The van der Waals surface area contributed by atoms with Crippen LogP contribution in [0.2, 0.25) is 5.02 Å². The smallest absolute Gasteiger partial charge is 0.229 e. The van der Waals surface area contributed by atoms with Crippen LogP contribution in [-0.4, -0.2) is 55.1 Å². The molecule has 0 aliphatic heterocycles. The van der Waals surface area contributed by atoms with Crippen molar-refractivity contribution in [2.75, 3.05) is 34.1 Å². The molecule has 3 rings (SSSR count). The Morgan fingerprint density at radius 1 is 1.30 bits per heavy atom. The van der Waals surface area contributed by atoms with Gasteiger partial charge >= 0.3 is 0 Å². The van der Waals surface area contributed by atoms with E-state index in [0.29, 0.717) is 59.2 Å². The van der Waals surface area contributed by atoms with E-state index in [2.05, 4.69) is 31.0 Å². The number of thioether (sulfide) groups is 1. The van der Waals surface area contributed by atoms with Gasteiger partial charge in [-0.05, 0) is 17.7 Å². The zero-order chi connectivity index (χ0) is 23.5. The normalized spacial score (nSPS) is 10.6. The Hall–Kier alpha value is -3.15. The molecule has 0 bridgehead atoms. The first-order valence-electron chi connectivity index (χ1n) is 10.2. The van der Waals surface area contributed by atoms with E-state index < -0.39 is 0 Å². The minimum atomic E-state index is -0.0607. The number of hydrogen-bond acceptors (Lipinski definition) is 9. The average Bonchev–Trinajstić information content (AvgIpc) is 3.24. The molecule has 0 fully saturated rings. The summed E-state index contributed by atoms with van der Waals surface area (Å²) >= 11 is 7.80. The van der Waals surface area contributed by atoms with Gasteiger partial charge in [0.05, 0.1) is 31.2 Å². The van der Waals surface area contributed by atoms with Gasteiger partial charge < -0.3 is 26.5 Å². The van der Waals surface area contributed by atoms with Gasteiger partial charge in [-0.3, -0.25) is 9.48 Å². The van der Waals surface area contributed by atoms with Crippen LogP contribution >= 0.6 is 23.4 Å². The molecule has 0 aliphatic rings. The molecule has 10 nitrogen and oxygen atoms in total. The number of aliphatic hydroxyl groups is 1. The molecule has 0 aliphatic carbocycles. The minimum Gasteiger partial charge on any atom is -0.394 e. The molecular weight excluding hydrogens is 464 g/mol. The summed E-state index contributed by atoms with van der Waals surface area (Å²) in [7, 11) is 0. The molecule has 0 saturated heterocycles. The molecule has 0 atom stereocenters. The summed E-state index contributed by atoms with van der Waals surface area (Å²) in [5.74, 6) is 2.05. The van der Waals surface area contributed by atoms with Crippen LogP contribution in [0.25, 0.3) is 0 Å². The van der Waals surface area contributed by atoms with E-state index in [9.17, 15) is 4.79 Å². The number of nitrogens with one attached hydrogen (secondary N) is 4. The van der Waals surface area contributed by atoms with Crippen LogP contribution < -0.4 is 16.0 Å². The van der Waals surface area contributed by atoms with Crippen molar-refractivity contribution in [3.63, 3.8) is 0 Å². The third-order valence-corrected chi connectivity index (χ3v) is 5.48. The largest absolute Gasteiger partial charge is 0.394 e. The molecule has 0 saturated carbocycles. The second-order valence-electron chi connectivity index (χ2n) is 6.86. The molecule has 5 N–H and O–H groups in total. The van der Waals surface area contributed by atoms with E-state index in [-0.39, 0.29) is 12.5 Å². The van der Waals surface area contributed by atoms with Crippen molar-refractivity contribution in [3.8, 4) is 0 Å². The highest BCUT2D eigenvalue weighted by atomic mass is 35.5. The number of aliphatic hydroxyl groups excluding tert-OH is 1. The van der Waals surface area contributed by atoms with Gasteiger partial charge in [-0.25, -0.2) is 4.98 Å². The van der Waals surface area contributed by atoms with E-state index in [1.807, 2.05) is 24.3 Å². The average molecular weight is 489 g/mol. The zero-order valence-corrected chi connectivity index (χ0v) is 19.4. The van der Waals surface area contributed by atoms with E-state index in [1.54, 1.807) is 28.8 Å². The number of nitrogens with zero attached hydrogens (tertiary/aromatic N) is 4. The van der Waals surface area contributed by atoms with Crippen molar-refractivity contribution < 1.29 is 9.90 Å². The van der Waals surface area contributed by atoms with E-state index in [0.717, 1.165) is 5.56 Å². The maximum Gasteiger partial charge on any atom is 0.229 e. The summed E-state index contributed by atoms with van der Waals surface area (Å²) in [5, 5.41) is 29.6. The Kier molecular flexibility index (Phi) is 9.48. The summed E-state index contributed by atoms with van der Waals surface area (Å²) in [6.07, 6.45) is 6.59. The highest BCUT2D eigenvalue weighted by molar-refractivity contribution is 7.99. The van der Waals surface area contributed by atoms with Crippen LogP contribution in [0.1, 0.15) is 12.0 Å². The first kappa shape index (κ1) is 24.5. The molecule has 12 heteroatoms. The van der Waals surface area contributed by atoms with Crippen LogP contribution in [-0.2, 0) is 17.9 Å². The number of halogens is 1. The monoisotopic (exact) mass is 488 g/mol. The van der Waals surface area contributed by atoms with Gasteiger partial charge in [0, 0.05) is 42.6 Å². The molecule has 2 heterocycles. The summed E-state index contributed by atoms with van der Waals surface area (Å²) in [6, 6.07) is 7.53. The molecule has 1 aromatic carbocycles. The predicted octanol–water partition coefficient (Wildman–Crippen LogP) is 3.39. The Bertz CT molecular complexity index is 1080. The number of carbonyl (C=O) groups excluding carboxylic acids is 1. The molecule has 1 amide bonds. The minimum absolute atomic E-state index is 0.00213. The molecule has 0 radical (unpaired) electrons. The Morgan fingerprint density at radius 3 is 3.00 bits per heavy atom. The molecule has 0 unspecified atom stereocenters. The lowest BCUT2D eigenvalue weighted by atomic mass is 10.2. The third kappa shape index (κ3) is 8.04. The summed E-state index contributed by atoms with van der Waals surface area (Å²) in [6.45, 7) is 0.852. The number of anilines is 4. The lowest BCUT2D eigenvalue weighted by molar-refractivity contribution is -0.115. The topological polar surface area (TPSA) is 141 Å². The van der Waals surface area contributed by atoms with Crippen molar-refractivity contribution in [1.82, 2.24) is 19.7 Å². The number of amides is 1. The van der Waals surface area contributed by atoms with Gasteiger partial charge in [-0.15, -0.1) is 0 Å². The molecule has 2 aromatic heterocycles. The van der Waals surface area contributed by atoms with Gasteiger partial charge in [0.2, 0.25) is 11.9 Å². The SMILES string of the molecule is N=CCSCCC(=O)Nc1cccc(CNc2nc(Nc3cnn(CCO)c3)ncc2Cl)c1. The molecule has 33 heavy (non-hydrogen) atoms. The molecular formula is C21H25ClN8O2S. The standard InChI is InChI=1S/C21H25ClN8O2S/c22-18-13-25-21(28-17-12-26-30(14-17)6-7-31)29-20(18)24-11-15-2-1-3-16(10-15)27-19(32)4-8-33-9-5-23/h1-3,5,10,12-14,23,31H,4,6-9,11H2,(H,27,32)(H2,24,25,28,29). The third-order valence-electron chi connectivity index (χ3n) is 4.31. The van der Waals surface area contributed by atoms with Gasteiger partial charge in [0.25, 0.3) is 0 Å². The quantitative estimate of drug-likeness (QED) is 0.182. The Balaban J connectivity index is 1.56. The molecule has 174 valence electrons. The number of benzene rings is 1. The fraction of sp³-hybridized carbons (Fsp3) is 0.286. The number of rotatable bonds is 13. The van der Waals surface area contributed by atoms with Crippen LogP contribution in [0.15, 0.2) is 42.9 Å². The summed E-state index contributed by atoms with van der Waals surface area (Å²) < 4.78 is 1.61. The van der Waals surface area contributed by atoms with Crippen LogP contribution in [0.3, 0.4) is 0 Å². The highest BCUT2D eigenvalue weighted by Gasteiger charge is 2.08. The number of carbonyl (C=O) groups is 1. The van der Waals surface area contributed by atoms with Gasteiger partial charge in [-0.2, -0.15) is 21.8 Å².